The second-order valence-corrected chi connectivity index (χ2v) is 7.39. The standard InChI is InChI=1S/C20H22Cl2N2O2/c1-24-12-17(11-23-20(25)15-5-3-2-4-6-15)26-13-16(24)9-14-7-8-18(21)19(22)10-14/h2-8,10,16-17H,9,11-13H2,1H3,(H,23,25). The molecule has 1 saturated heterocycles. The van der Waals surface area contributed by atoms with Crippen molar-refractivity contribution < 1.29 is 9.53 Å². The summed E-state index contributed by atoms with van der Waals surface area (Å²) in [6.07, 6.45) is 0.828. The van der Waals surface area contributed by atoms with Crippen molar-refractivity contribution in [1.29, 1.82) is 0 Å². The molecule has 1 N–H and O–H groups in total. The predicted molar refractivity (Wildman–Crippen MR) is 105 cm³/mol. The van der Waals surface area contributed by atoms with E-state index in [9.17, 15) is 4.79 Å². The predicted octanol–water partition coefficient (Wildman–Crippen LogP) is 3.67. The van der Waals surface area contributed by atoms with Crippen LogP contribution >= 0.6 is 23.2 Å². The van der Waals surface area contributed by atoms with Crippen molar-refractivity contribution in [3.63, 3.8) is 0 Å². The Hall–Kier alpha value is -1.59. The quantitative estimate of drug-likeness (QED) is 0.843. The SMILES string of the molecule is CN1CC(CNC(=O)c2ccccc2)OCC1Cc1ccc(Cl)c(Cl)c1. The molecule has 0 saturated carbocycles. The highest BCUT2D eigenvalue weighted by molar-refractivity contribution is 6.42. The van der Waals surface area contributed by atoms with Crippen molar-refractivity contribution in [1.82, 2.24) is 10.2 Å². The average Bonchev–Trinajstić information content (AvgIpc) is 2.65. The molecule has 0 bridgehead atoms. The van der Waals surface area contributed by atoms with E-state index in [4.69, 9.17) is 27.9 Å². The number of hydrogen-bond acceptors (Lipinski definition) is 3. The number of likely N-dealkylation sites (N-methyl/N-ethyl adjacent to an activating group) is 1. The van der Waals surface area contributed by atoms with Gasteiger partial charge in [0, 0.05) is 24.7 Å². The van der Waals surface area contributed by atoms with E-state index in [0.29, 0.717) is 28.8 Å². The lowest BCUT2D eigenvalue weighted by atomic mass is 10.0. The minimum Gasteiger partial charge on any atom is -0.373 e. The molecule has 4 nitrogen and oxygen atoms in total. The first kappa shape index (κ1) is 19.2. The van der Waals surface area contributed by atoms with Gasteiger partial charge in [-0.3, -0.25) is 9.69 Å². The molecule has 2 atom stereocenters. The van der Waals surface area contributed by atoms with Gasteiger partial charge in [-0.15, -0.1) is 0 Å². The first-order chi connectivity index (χ1) is 12.5. The van der Waals surface area contributed by atoms with Gasteiger partial charge in [-0.1, -0.05) is 47.5 Å². The third-order valence-electron chi connectivity index (χ3n) is 4.62. The maximum atomic E-state index is 12.1. The molecule has 26 heavy (non-hydrogen) atoms. The third-order valence-corrected chi connectivity index (χ3v) is 5.36. The third kappa shape index (κ3) is 4.98. The van der Waals surface area contributed by atoms with Crippen LogP contribution in [0, 0.1) is 0 Å². The van der Waals surface area contributed by atoms with E-state index in [0.717, 1.165) is 18.5 Å². The summed E-state index contributed by atoms with van der Waals surface area (Å²) < 4.78 is 5.96. The van der Waals surface area contributed by atoms with Crippen LogP contribution in [0.15, 0.2) is 48.5 Å². The highest BCUT2D eigenvalue weighted by Crippen LogP contribution is 2.24. The number of amides is 1. The molecular weight excluding hydrogens is 371 g/mol. The van der Waals surface area contributed by atoms with Crippen molar-refractivity contribution in [2.75, 3.05) is 26.7 Å². The van der Waals surface area contributed by atoms with Gasteiger partial charge in [0.2, 0.25) is 0 Å². The van der Waals surface area contributed by atoms with Crippen molar-refractivity contribution in [2.45, 2.75) is 18.6 Å². The minimum atomic E-state index is -0.0743. The smallest absolute Gasteiger partial charge is 0.251 e. The molecule has 1 amide bonds. The topological polar surface area (TPSA) is 41.6 Å². The molecular formula is C20H22Cl2N2O2. The number of nitrogens with one attached hydrogen (secondary N) is 1. The van der Waals surface area contributed by atoms with E-state index in [1.807, 2.05) is 36.4 Å². The largest absolute Gasteiger partial charge is 0.373 e. The van der Waals surface area contributed by atoms with Gasteiger partial charge in [-0.2, -0.15) is 0 Å². The Bertz CT molecular complexity index is 755. The van der Waals surface area contributed by atoms with Crippen LogP contribution in [0.5, 0.6) is 0 Å². The van der Waals surface area contributed by atoms with E-state index in [-0.39, 0.29) is 18.1 Å². The van der Waals surface area contributed by atoms with Gasteiger partial charge < -0.3 is 10.1 Å². The summed E-state index contributed by atoms with van der Waals surface area (Å²) in [5.74, 6) is -0.0743. The van der Waals surface area contributed by atoms with E-state index in [1.165, 1.54) is 0 Å². The van der Waals surface area contributed by atoms with Gasteiger partial charge >= 0.3 is 0 Å². The summed E-state index contributed by atoms with van der Waals surface area (Å²) >= 11 is 12.1. The molecule has 1 aliphatic heterocycles. The molecule has 2 aromatic rings. The zero-order valence-electron chi connectivity index (χ0n) is 14.6. The first-order valence-electron chi connectivity index (χ1n) is 8.62. The number of halogens is 2. The second kappa shape index (κ2) is 8.87. The Kier molecular flexibility index (Phi) is 6.54. The van der Waals surface area contributed by atoms with E-state index >= 15 is 0 Å². The van der Waals surface area contributed by atoms with Crippen molar-refractivity contribution in [3.05, 3.63) is 69.7 Å². The second-order valence-electron chi connectivity index (χ2n) is 6.58. The number of rotatable bonds is 5. The molecule has 0 radical (unpaired) electrons. The lowest BCUT2D eigenvalue weighted by molar-refractivity contribution is -0.0510. The normalized spacial score (nSPS) is 20.7. The number of carbonyl (C=O) groups excluding carboxylic acids is 1. The highest BCUT2D eigenvalue weighted by Gasteiger charge is 2.26. The number of hydrogen-bond donors (Lipinski definition) is 1. The summed E-state index contributed by atoms with van der Waals surface area (Å²) in [4.78, 5) is 14.4. The Balaban J connectivity index is 1.48. The van der Waals surface area contributed by atoms with Crippen molar-refractivity contribution in [2.24, 2.45) is 0 Å². The van der Waals surface area contributed by atoms with Crippen molar-refractivity contribution in [3.8, 4) is 0 Å². The summed E-state index contributed by atoms with van der Waals surface area (Å²) in [7, 11) is 2.08. The average molecular weight is 393 g/mol. The summed E-state index contributed by atoms with van der Waals surface area (Å²) in [5, 5.41) is 4.09. The molecule has 2 unspecified atom stereocenters. The monoisotopic (exact) mass is 392 g/mol. The van der Waals surface area contributed by atoms with Crippen LogP contribution in [0.4, 0.5) is 0 Å². The van der Waals surface area contributed by atoms with Gasteiger partial charge in [0.15, 0.2) is 0 Å². The zero-order chi connectivity index (χ0) is 18.5. The van der Waals surface area contributed by atoms with Gasteiger partial charge in [0.25, 0.3) is 5.91 Å². The first-order valence-corrected chi connectivity index (χ1v) is 9.37. The minimum absolute atomic E-state index is 0.0160. The van der Waals surface area contributed by atoms with Crippen LogP contribution in [-0.2, 0) is 11.2 Å². The lowest BCUT2D eigenvalue weighted by Gasteiger charge is -2.37. The van der Waals surface area contributed by atoms with E-state index in [2.05, 4.69) is 17.3 Å². The molecule has 1 heterocycles. The maximum Gasteiger partial charge on any atom is 0.251 e. The number of morpholine rings is 1. The van der Waals surface area contributed by atoms with Gasteiger partial charge in [-0.25, -0.2) is 0 Å². The van der Waals surface area contributed by atoms with E-state index < -0.39 is 0 Å². The molecule has 0 aliphatic carbocycles. The van der Waals surface area contributed by atoms with Gasteiger partial charge in [0.1, 0.15) is 0 Å². The molecule has 138 valence electrons. The molecule has 1 fully saturated rings. The zero-order valence-corrected chi connectivity index (χ0v) is 16.1. The molecule has 2 aromatic carbocycles. The molecule has 6 heteroatoms. The number of carbonyl (C=O) groups is 1. The Morgan fingerprint density at radius 2 is 1.96 bits per heavy atom. The van der Waals surface area contributed by atoms with Crippen LogP contribution in [0.2, 0.25) is 10.0 Å². The van der Waals surface area contributed by atoms with Gasteiger partial charge in [0.05, 0.1) is 22.8 Å². The van der Waals surface area contributed by atoms with Crippen LogP contribution in [0.3, 0.4) is 0 Å². The molecule has 1 aliphatic rings. The van der Waals surface area contributed by atoms with Crippen LogP contribution in [0.1, 0.15) is 15.9 Å². The summed E-state index contributed by atoms with van der Waals surface area (Å²) in [6.45, 7) is 1.88. The van der Waals surface area contributed by atoms with Crippen molar-refractivity contribution >= 4 is 29.1 Å². The van der Waals surface area contributed by atoms with Crippen LogP contribution < -0.4 is 5.32 Å². The maximum absolute atomic E-state index is 12.1. The Morgan fingerprint density at radius 1 is 1.19 bits per heavy atom. The van der Waals surface area contributed by atoms with Crippen LogP contribution in [-0.4, -0.2) is 49.7 Å². The fourth-order valence-corrected chi connectivity index (χ4v) is 3.39. The Labute approximate surface area is 164 Å². The molecule has 3 rings (SSSR count). The summed E-state index contributed by atoms with van der Waals surface area (Å²) in [5.41, 5.74) is 1.80. The Morgan fingerprint density at radius 3 is 2.65 bits per heavy atom. The lowest BCUT2D eigenvalue weighted by Crippen LogP contribution is -2.51. The van der Waals surface area contributed by atoms with Crippen LogP contribution in [0.25, 0.3) is 0 Å². The molecule has 0 spiro atoms. The van der Waals surface area contributed by atoms with Gasteiger partial charge in [-0.05, 0) is 43.3 Å². The highest BCUT2D eigenvalue weighted by atomic mass is 35.5. The van der Waals surface area contributed by atoms with E-state index in [1.54, 1.807) is 12.1 Å². The number of benzene rings is 2. The number of nitrogens with zero attached hydrogens (tertiary/aromatic N) is 1. The number of ether oxygens (including phenoxy) is 1. The molecule has 0 aromatic heterocycles. The fourth-order valence-electron chi connectivity index (χ4n) is 3.07. The fraction of sp³-hybridized carbons (Fsp3) is 0.350. The summed E-state index contributed by atoms with van der Waals surface area (Å²) in [6, 6.07) is 15.2.